The lowest BCUT2D eigenvalue weighted by molar-refractivity contribution is -0.139. The molecule has 0 saturated heterocycles. The van der Waals surface area contributed by atoms with Gasteiger partial charge >= 0.3 is 12.1 Å². The molecule has 244 valence electrons. The summed E-state index contributed by atoms with van der Waals surface area (Å²) >= 11 is 0. The van der Waals surface area contributed by atoms with E-state index in [1.807, 2.05) is 26.0 Å². The third kappa shape index (κ3) is 8.12. The molecule has 1 heterocycles. The number of amides is 1. The first kappa shape index (κ1) is 35.3. The van der Waals surface area contributed by atoms with E-state index >= 15 is 4.39 Å². The minimum Gasteiger partial charge on any atom is -0.496 e. The van der Waals surface area contributed by atoms with Crippen LogP contribution in [0.4, 0.5) is 17.6 Å². The van der Waals surface area contributed by atoms with E-state index in [0.717, 1.165) is 27.5 Å². The van der Waals surface area contributed by atoms with E-state index in [4.69, 9.17) is 4.74 Å². The average Bonchev–Trinajstić information content (AvgIpc) is 2.93. The second kappa shape index (κ2) is 14.3. The Morgan fingerprint density at radius 3 is 2.29 bits per heavy atom. The lowest BCUT2D eigenvalue weighted by atomic mass is 9.90. The van der Waals surface area contributed by atoms with Gasteiger partial charge in [0, 0.05) is 17.8 Å². The number of alkyl halides is 3. The Balaban J connectivity index is 2.16. The maximum absolute atomic E-state index is 15.8. The third-order valence-electron chi connectivity index (χ3n) is 7.81. The van der Waals surface area contributed by atoms with Crippen LogP contribution in [-0.2, 0) is 22.2 Å². The summed E-state index contributed by atoms with van der Waals surface area (Å²) in [6.07, 6.45) is -3.93. The van der Waals surface area contributed by atoms with Crippen molar-refractivity contribution < 1.29 is 37.0 Å². The second-order valence-corrected chi connectivity index (χ2v) is 11.8. The van der Waals surface area contributed by atoms with E-state index in [0.29, 0.717) is 23.8 Å². The number of hydrogen-bond donors (Lipinski definition) is 2. The molecule has 0 aliphatic heterocycles. The molecule has 0 aliphatic rings. The number of aliphatic carboxylic acids is 1. The molecule has 2 aromatic carbocycles. The van der Waals surface area contributed by atoms with Gasteiger partial charge in [0.05, 0.1) is 25.1 Å². The van der Waals surface area contributed by atoms with Crippen molar-refractivity contribution in [2.75, 3.05) is 7.11 Å². The Labute approximate surface area is 260 Å². The van der Waals surface area contributed by atoms with Gasteiger partial charge in [0.1, 0.15) is 17.6 Å². The monoisotopic (exact) mass is 632 g/mol. The number of hydrogen-bond acceptors (Lipinski definition) is 4. The fraction of sp³-hybridized carbons (Fsp3) is 0.441. The first-order chi connectivity index (χ1) is 21.0. The number of ether oxygens (including phenoxy) is 1. The molecule has 3 aromatic rings. The van der Waals surface area contributed by atoms with E-state index in [2.05, 4.69) is 5.32 Å². The molecule has 2 atom stereocenters. The lowest BCUT2D eigenvalue weighted by Gasteiger charge is -2.27. The fourth-order valence-electron chi connectivity index (χ4n) is 5.73. The van der Waals surface area contributed by atoms with Gasteiger partial charge < -0.3 is 19.7 Å². The predicted octanol–water partition coefficient (Wildman–Crippen LogP) is 7.48. The number of pyridine rings is 1. The Morgan fingerprint density at radius 1 is 1.07 bits per heavy atom. The van der Waals surface area contributed by atoms with Gasteiger partial charge in [-0.05, 0) is 91.1 Å². The molecule has 11 heteroatoms. The van der Waals surface area contributed by atoms with Gasteiger partial charge in [-0.25, -0.2) is 4.39 Å². The lowest BCUT2D eigenvalue weighted by Crippen LogP contribution is -2.40. The number of carbonyl (C=O) groups excluding carboxylic acids is 1. The molecule has 1 amide bonds. The standard InChI is InChI=1S/C34H40F4N2O5/c1-8-9-22-17-40(29(41)15-25(22)34(36,37)38)27(12-18(2)3)33(44)39-26(16-30(42)43)24-14-23(13-20(5)32(24)35)31-19(4)10-11-28(45-7)21(31)6/h10-11,13-15,17-18,26-27H,8-9,12,16H2,1-7H3,(H,39,44)(H,42,43)/t26-,27-/m0/s1. The summed E-state index contributed by atoms with van der Waals surface area (Å²) in [6.45, 7) is 10.5. The summed E-state index contributed by atoms with van der Waals surface area (Å²) in [7, 11) is 1.53. The molecular weight excluding hydrogens is 592 g/mol. The highest BCUT2D eigenvalue weighted by Gasteiger charge is 2.36. The first-order valence-corrected chi connectivity index (χ1v) is 14.8. The highest BCUT2D eigenvalue weighted by Crippen LogP contribution is 2.37. The number of nitrogens with one attached hydrogen (secondary N) is 1. The zero-order valence-corrected chi connectivity index (χ0v) is 26.6. The number of halogens is 4. The number of methoxy groups -OCH3 is 1. The van der Waals surface area contributed by atoms with E-state index in [-0.39, 0.29) is 35.4 Å². The zero-order chi connectivity index (χ0) is 33.8. The molecule has 0 aliphatic carbocycles. The molecule has 0 fully saturated rings. The normalized spacial score (nSPS) is 13.1. The van der Waals surface area contributed by atoms with Crippen LogP contribution in [0.5, 0.6) is 5.75 Å². The van der Waals surface area contributed by atoms with Crippen molar-refractivity contribution in [3.05, 3.63) is 86.1 Å². The van der Waals surface area contributed by atoms with Gasteiger partial charge in [0.25, 0.3) is 5.56 Å². The highest BCUT2D eigenvalue weighted by atomic mass is 19.4. The topological polar surface area (TPSA) is 97.6 Å². The van der Waals surface area contributed by atoms with E-state index < -0.39 is 53.5 Å². The molecule has 0 bridgehead atoms. The number of nitrogens with zero attached hydrogens (tertiary/aromatic N) is 1. The molecule has 7 nitrogen and oxygen atoms in total. The van der Waals surface area contributed by atoms with Crippen molar-refractivity contribution in [1.82, 2.24) is 9.88 Å². The fourth-order valence-corrected chi connectivity index (χ4v) is 5.73. The van der Waals surface area contributed by atoms with Crippen molar-refractivity contribution in [1.29, 1.82) is 0 Å². The zero-order valence-electron chi connectivity index (χ0n) is 26.6. The summed E-state index contributed by atoms with van der Waals surface area (Å²) in [6, 6.07) is 4.64. The van der Waals surface area contributed by atoms with Crippen LogP contribution in [0.1, 0.15) is 85.5 Å². The molecule has 45 heavy (non-hydrogen) atoms. The molecule has 3 rings (SSSR count). The van der Waals surface area contributed by atoms with Crippen molar-refractivity contribution in [3.8, 4) is 16.9 Å². The maximum Gasteiger partial charge on any atom is 0.416 e. The van der Waals surface area contributed by atoms with Crippen LogP contribution < -0.4 is 15.6 Å². The number of carboxylic acids is 1. The van der Waals surface area contributed by atoms with Crippen LogP contribution in [0.3, 0.4) is 0 Å². The number of rotatable bonds is 12. The second-order valence-electron chi connectivity index (χ2n) is 11.8. The van der Waals surface area contributed by atoms with E-state index in [1.54, 1.807) is 26.8 Å². The van der Waals surface area contributed by atoms with Gasteiger partial charge in [0.2, 0.25) is 5.91 Å². The number of carboxylic acid groups (broad SMARTS) is 1. The number of aromatic nitrogens is 1. The summed E-state index contributed by atoms with van der Waals surface area (Å²) in [5.74, 6) is -2.40. The van der Waals surface area contributed by atoms with E-state index in [1.165, 1.54) is 20.1 Å². The van der Waals surface area contributed by atoms with Crippen LogP contribution in [0, 0.1) is 32.5 Å². The van der Waals surface area contributed by atoms with Gasteiger partial charge in [-0.15, -0.1) is 0 Å². The van der Waals surface area contributed by atoms with E-state index in [9.17, 15) is 32.7 Å². The maximum atomic E-state index is 15.8. The summed E-state index contributed by atoms with van der Waals surface area (Å²) in [5.41, 5.74) is 0.932. The minimum absolute atomic E-state index is 0.0210. The van der Waals surface area contributed by atoms with Crippen LogP contribution in [-0.4, -0.2) is 28.7 Å². The smallest absolute Gasteiger partial charge is 0.416 e. The van der Waals surface area contributed by atoms with Crippen LogP contribution in [0.15, 0.2) is 41.3 Å². The Kier molecular flexibility index (Phi) is 11.2. The predicted molar refractivity (Wildman–Crippen MR) is 164 cm³/mol. The van der Waals surface area contributed by atoms with Crippen LogP contribution in [0.2, 0.25) is 0 Å². The quantitative estimate of drug-likeness (QED) is 0.202. The van der Waals surface area contributed by atoms with Crippen LogP contribution in [0.25, 0.3) is 11.1 Å². The Morgan fingerprint density at radius 2 is 1.73 bits per heavy atom. The third-order valence-corrected chi connectivity index (χ3v) is 7.81. The highest BCUT2D eigenvalue weighted by molar-refractivity contribution is 5.82. The van der Waals surface area contributed by atoms with Crippen molar-refractivity contribution in [3.63, 3.8) is 0 Å². The number of aryl methyl sites for hydroxylation is 3. The molecule has 1 aromatic heterocycles. The van der Waals surface area contributed by atoms with Gasteiger partial charge in [0.15, 0.2) is 0 Å². The van der Waals surface area contributed by atoms with Crippen LogP contribution >= 0.6 is 0 Å². The molecule has 0 saturated carbocycles. The largest absolute Gasteiger partial charge is 0.496 e. The average molecular weight is 633 g/mol. The molecule has 2 N–H and O–H groups in total. The minimum atomic E-state index is -4.76. The van der Waals surface area contributed by atoms with Crippen molar-refractivity contribution >= 4 is 11.9 Å². The van der Waals surface area contributed by atoms with Crippen molar-refractivity contribution in [2.45, 2.75) is 85.5 Å². The Hall–Kier alpha value is -4.15. The van der Waals surface area contributed by atoms with Gasteiger partial charge in [-0.2, -0.15) is 13.2 Å². The number of benzene rings is 2. The Bertz CT molecular complexity index is 1630. The first-order valence-electron chi connectivity index (χ1n) is 14.8. The molecule has 0 radical (unpaired) electrons. The summed E-state index contributed by atoms with van der Waals surface area (Å²) in [4.78, 5) is 38.9. The summed E-state index contributed by atoms with van der Waals surface area (Å²) < 4.78 is 63.4. The molecule has 0 unspecified atom stereocenters. The number of carbonyl (C=O) groups is 2. The SMILES string of the molecule is CCCc1cn([C@@H](CC(C)C)C(=O)N[C@@H](CC(=O)O)c2cc(-c3c(C)ccc(OC)c3C)cc(C)c2F)c(=O)cc1C(F)(F)F. The van der Waals surface area contributed by atoms with Crippen molar-refractivity contribution in [2.24, 2.45) is 5.92 Å². The van der Waals surface area contributed by atoms with Gasteiger partial charge in [-0.1, -0.05) is 33.3 Å². The summed E-state index contributed by atoms with van der Waals surface area (Å²) in [5, 5.41) is 12.4. The molecule has 0 spiro atoms. The van der Waals surface area contributed by atoms with Gasteiger partial charge in [-0.3, -0.25) is 14.4 Å². The molecular formula is C34H40F4N2O5.